The maximum Gasteiger partial charge on any atom is 0.213 e. The topological polar surface area (TPSA) is 43.3 Å². The van der Waals surface area contributed by atoms with Crippen molar-refractivity contribution in [2.24, 2.45) is 0 Å². The van der Waals surface area contributed by atoms with Crippen LogP contribution in [0, 0.1) is 0 Å². The molecule has 18 heavy (non-hydrogen) atoms. The van der Waals surface area contributed by atoms with E-state index in [4.69, 9.17) is 4.42 Å². The van der Waals surface area contributed by atoms with Crippen molar-refractivity contribution in [3.63, 3.8) is 0 Å². The van der Waals surface area contributed by atoms with Gasteiger partial charge < -0.3 is 4.42 Å². The molecule has 0 saturated carbocycles. The highest BCUT2D eigenvalue weighted by atomic mass is 79.9. The van der Waals surface area contributed by atoms with Crippen LogP contribution in [-0.4, -0.2) is 14.6 Å². The summed E-state index contributed by atoms with van der Waals surface area (Å²) in [5, 5.41) is 5.34. The van der Waals surface area contributed by atoms with E-state index in [2.05, 4.69) is 26.0 Å². The third kappa shape index (κ3) is 1.49. The van der Waals surface area contributed by atoms with Crippen LogP contribution in [0.5, 0.6) is 0 Å². The number of hydrogen-bond donors (Lipinski definition) is 0. The highest BCUT2D eigenvalue weighted by Gasteiger charge is 2.12. The number of halogens is 1. The zero-order chi connectivity index (χ0) is 12.1. The molecule has 0 atom stereocenters. The van der Waals surface area contributed by atoms with E-state index in [9.17, 15) is 0 Å². The molecule has 0 fully saturated rings. The molecule has 4 aromatic rings. The van der Waals surface area contributed by atoms with Crippen molar-refractivity contribution in [3.05, 3.63) is 40.4 Å². The first-order valence-electron chi connectivity index (χ1n) is 5.30. The molecule has 0 N–H and O–H groups in total. The summed E-state index contributed by atoms with van der Waals surface area (Å²) < 4.78 is 8.34. The van der Waals surface area contributed by atoms with E-state index in [1.54, 1.807) is 4.52 Å². The van der Waals surface area contributed by atoms with Crippen LogP contribution in [0.4, 0.5) is 0 Å². The molecule has 88 valence electrons. The third-order valence-corrected chi connectivity index (χ3v) is 4.05. The Morgan fingerprint density at radius 3 is 3.00 bits per heavy atom. The lowest BCUT2D eigenvalue weighted by atomic mass is 10.2. The molecule has 1 aromatic carbocycles. The van der Waals surface area contributed by atoms with Gasteiger partial charge in [-0.15, -0.1) is 5.10 Å². The van der Waals surface area contributed by atoms with Gasteiger partial charge in [-0.1, -0.05) is 29.5 Å². The van der Waals surface area contributed by atoms with Gasteiger partial charge in [-0.2, -0.15) is 0 Å². The number of furan rings is 1. The van der Waals surface area contributed by atoms with Crippen molar-refractivity contribution in [2.75, 3.05) is 0 Å². The standard InChI is InChI=1S/C12H6BrN3OS/c13-11-15-16-6-8(14-12(16)18-11)10-5-7-3-1-2-4-9(7)17-10/h1-6H. The average molecular weight is 320 g/mol. The number of para-hydroxylation sites is 1. The van der Waals surface area contributed by atoms with Gasteiger partial charge in [0.15, 0.2) is 9.68 Å². The van der Waals surface area contributed by atoms with Gasteiger partial charge >= 0.3 is 0 Å². The van der Waals surface area contributed by atoms with Gasteiger partial charge in [-0.05, 0) is 28.1 Å². The van der Waals surface area contributed by atoms with E-state index < -0.39 is 0 Å². The summed E-state index contributed by atoms with van der Waals surface area (Å²) in [6.07, 6.45) is 1.87. The van der Waals surface area contributed by atoms with Crippen LogP contribution in [0.1, 0.15) is 0 Å². The highest BCUT2D eigenvalue weighted by molar-refractivity contribution is 9.11. The first kappa shape index (κ1) is 10.3. The molecule has 0 saturated heterocycles. The van der Waals surface area contributed by atoms with Crippen molar-refractivity contribution in [1.29, 1.82) is 0 Å². The summed E-state index contributed by atoms with van der Waals surface area (Å²) in [5.74, 6) is 0.769. The summed E-state index contributed by atoms with van der Waals surface area (Å²) in [6, 6.07) is 9.92. The van der Waals surface area contributed by atoms with Gasteiger partial charge in [-0.3, -0.25) is 0 Å². The number of nitrogens with zero attached hydrogens (tertiary/aromatic N) is 3. The van der Waals surface area contributed by atoms with Crippen LogP contribution >= 0.6 is 27.3 Å². The Kier molecular flexibility index (Phi) is 2.09. The molecule has 0 aliphatic carbocycles. The molecular formula is C12H6BrN3OS. The van der Waals surface area contributed by atoms with Gasteiger partial charge in [0, 0.05) is 5.39 Å². The van der Waals surface area contributed by atoms with E-state index >= 15 is 0 Å². The number of hydrogen-bond acceptors (Lipinski definition) is 4. The number of aromatic nitrogens is 3. The Balaban J connectivity index is 1.92. The minimum atomic E-state index is 0.769. The second kappa shape index (κ2) is 3.66. The Labute approximate surface area is 114 Å². The van der Waals surface area contributed by atoms with Crippen molar-refractivity contribution < 1.29 is 4.42 Å². The maximum atomic E-state index is 5.77. The first-order valence-corrected chi connectivity index (χ1v) is 6.91. The molecule has 0 unspecified atom stereocenters. The molecule has 0 spiro atoms. The van der Waals surface area contributed by atoms with Crippen LogP contribution in [0.15, 0.2) is 44.9 Å². The van der Waals surface area contributed by atoms with Crippen molar-refractivity contribution >= 4 is 43.2 Å². The lowest BCUT2D eigenvalue weighted by molar-refractivity contribution is 0.629. The normalized spacial score (nSPS) is 11.6. The molecule has 4 nitrogen and oxygen atoms in total. The molecule has 0 radical (unpaired) electrons. The molecule has 0 bridgehead atoms. The van der Waals surface area contributed by atoms with E-state index in [1.165, 1.54) is 11.3 Å². The molecule has 3 heterocycles. The quantitative estimate of drug-likeness (QED) is 0.533. The molecule has 3 aromatic heterocycles. The predicted molar refractivity (Wildman–Crippen MR) is 73.8 cm³/mol. The first-order chi connectivity index (χ1) is 8.79. The third-order valence-electron chi connectivity index (χ3n) is 2.70. The van der Waals surface area contributed by atoms with Crippen molar-refractivity contribution in [2.45, 2.75) is 0 Å². The smallest absolute Gasteiger partial charge is 0.213 e. The Morgan fingerprint density at radius 1 is 1.28 bits per heavy atom. The Hall–Kier alpha value is -1.66. The number of imidazole rings is 1. The van der Waals surface area contributed by atoms with Gasteiger partial charge in [0.2, 0.25) is 4.96 Å². The average Bonchev–Trinajstić information content (AvgIpc) is 2.98. The Bertz CT molecular complexity index is 796. The van der Waals surface area contributed by atoms with Crippen LogP contribution in [0.2, 0.25) is 0 Å². The van der Waals surface area contributed by atoms with Gasteiger partial charge in [0.1, 0.15) is 11.3 Å². The van der Waals surface area contributed by atoms with Crippen LogP contribution in [0.3, 0.4) is 0 Å². The summed E-state index contributed by atoms with van der Waals surface area (Å²) in [6.45, 7) is 0. The number of benzene rings is 1. The fourth-order valence-corrected chi connectivity index (χ4v) is 3.12. The van der Waals surface area contributed by atoms with Gasteiger partial charge in [0.25, 0.3) is 0 Å². The second-order valence-electron chi connectivity index (χ2n) is 3.86. The van der Waals surface area contributed by atoms with Crippen molar-refractivity contribution in [3.8, 4) is 11.5 Å². The SMILES string of the molecule is Brc1nn2cc(-c3cc4ccccc4o3)nc2s1. The molecule has 6 heteroatoms. The lowest BCUT2D eigenvalue weighted by Gasteiger charge is -1.86. The largest absolute Gasteiger partial charge is 0.454 e. The monoisotopic (exact) mass is 319 g/mol. The predicted octanol–water partition coefficient (Wildman–Crippen LogP) is 3.97. The summed E-state index contributed by atoms with van der Waals surface area (Å²) >= 11 is 4.83. The molecule has 0 amide bonds. The molecule has 0 aliphatic rings. The van der Waals surface area contributed by atoms with Crippen LogP contribution in [-0.2, 0) is 0 Å². The van der Waals surface area contributed by atoms with Gasteiger partial charge in [0.05, 0.1) is 6.20 Å². The summed E-state index contributed by atoms with van der Waals surface area (Å²) in [4.78, 5) is 5.34. The number of fused-ring (bicyclic) bond motifs is 2. The molecular weight excluding hydrogens is 314 g/mol. The van der Waals surface area contributed by atoms with Crippen molar-refractivity contribution in [1.82, 2.24) is 14.6 Å². The second-order valence-corrected chi connectivity index (χ2v) is 6.09. The van der Waals surface area contributed by atoms with E-state index in [0.29, 0.717) is 0 Å². The lowest BCUT2D eigenvalue weighted by Crippen LogP contribution is -1.77. The van der Waals surface area contributed by atoms with Crippen LogP contribution < -0.4 is 0 Å². The van der Waals surface area contributed by atoms with Gasteiger partial charge in [-0.25, -0.2) is 9.50 Å². The fraction of sp³-hybridized carbons (Fsp3) is 0. The minimum Gasteiger partial charge on any atom is -0.454 e. The number of rotatable bonds is 1. The molecule has 4 rings (SSSR count). The minimum absolute atomic E-state index is 0.769. The summed E-state index contributed by atoms with van der Waals surface area (Å²) in [5.41, 5.74) is 1.68. The van der Waals surface area contributed by atoms with Crippen LogP contribution in [0.25, 0.3) is 27.4 Å². The maximum absolute atomic E-state index is 5.77. The zero-order valence-corrected chi connectivity index (χ0v) is 11.4. The van der Waals surface area contributed by atoms with E-state index in [-0.39, 0.29) is 0 Å². The summed E-state index contributed by atoms with van der Waals surface area (Å²) in [7, 11) is 0. The fourth-order valence-electron chi connectivity index (χ4n) is 1.90. The highest BCUT2D eigenvalue weighted by Crippen LogP contribution is 2.29. The van der Waals surface area contributed by atoms with E-state index in [1.807, 2.05) is 36.5 Å². The van der Waals surface area contributed by atoms with E-state index in [0.717, 1.165) is 31.3 Å². The zero-order valence-electron chi connectivity index (χ0n) is 9.00. The molecule has 0 aliphatic heterocycles. The Morgan fingerprint density at radius 2 is 2.17 bits per heavy atom.